The lowest BCUT2D eigenvalue weighted by Gasteiger charge is -2.43. The summed E-state index contributed by atoms with van der Waals surface area (Å²) in [6.45, 7) is 6.48. The van der Waals surface area contributed by atoms with Gasteiger partial charge in [0.15, 0.2) is 0 Å². The topological polar surface area (TPSA) is 38.5 Å². The van der Waals surface area contributed by atoms with E-state index in [1.807, 2.05) is 0 Å². The van der Waals surface area contributed by atoms with Gasteiger partial charge in [0.25, 0.3) is 0 Å². The van der Waals surface area contributed by atoms with E-state index in [0.29, 0.717) is 6.54 Å². The van der Waals surface area contributed by atoms with Crippen LogP contribution in [0.5, 0.6) is 0 Å². The second-order valence-electron chi connectivity index (χ2n) is 5.30. The normalized spacial score (nSPS) is 18.1. The van der Waals surface area contributed by atoms with E-state index in [-0.39, 0.29) is 5.41 Å². The van der Waals surface area contributed by atoms with Gasteiger partial charge in [0.05, 0.1) is 13.2 Å². The number of nitrogens with two attached hydrogens (primary N) is 1. The molecule has 1 heterocycles. The SMILES string of the molecule is Cc1ccccc1CN(C)CC1(CN)COC1. The third-order valence-electron chi connectivity index (χ3n) is 3.56. The number of aryl methyl sites for hydroxylation is 1. The first-order valence-electron chi connectivity index (χ1n) is 6.16. The minimum Gasteiger partial charge on any atom is -0.380 e. The molecule has 0 spiro atoms. The van der Waals surface area contributed by atoms with E-state index in [9.17, 15) is 0 Å². The molecule has 1 aromatic carbocycles. The molecule has 1 saturated heterocycles. The Kier molecular flexibility index (Phi) is 3.82. The first-order chi connectivity index (χ1) is 8.15. The van der Waals surface area contributed by atoms with Crippen molar-refractivity contribution < 1.29 is 4.74 Å². The highest BCUT2D eigenvalue weighted by molar-refractivity contribution is 5.25. The van der Waals surface area contributed by atoms with E-state index in [1.165, 1.54) is 11.1 Å². The van der Waals surface area contributed by atoms with Crippen molar-refractivity contribution in [2.75, 3.05) is 33.4 Å². The molecule has 0 saturated carbocycles. The van der Waals surface area contributed by atoms with E-state index in [1.54, 1.807) is 0 Å². The predicted molar refractivity (Wildman–Crippen MR) is 69.8 cm³/mol. The average molecular weight is 234 g/mol. The van der Waals surface area contributed by atoms with Gasteiger partial charge in [-0.15, -0.1) is 0 Å². The van der Waals surface area contributed by atoms with Crippen molar-refractivity contribution in [3.63, 3.8) is 0 Å². The zero-order valence-corrected chi connectivity index (χ0v) is 10.8. The summed E-state index contributed by atoms with van der Waals surface area (Å²) in [7, 11) is 2.15. The number of hydrogen-bond acceptors (Lipinski definition) is 3. The van der Waals surface area contributed by atoms with Gasteiger partial charge in [0.2, 0.25) is 0 Å². The van der Waals surface area contributed by atoms with Gasteiger partial charge in [-0.2, -0.15) is 0 Å². The van der Waals surface area contributed by atoms with Crippen molar-refractivity contribution in [2.24, 2.45) is 11.1 Å². The Morgan fingerprint density at radius 2 is 2.06 bits per heavy atom. The van der Waals surface area contributed by atoms with Gasteiger partial charge in [-0.3, -0.25) is 0 Å². The van der Waals surface area contributed by atoms with Crippen LogP contribution in [-0.2, 0) is 11.3 Å². The fraction of sp³-hybridized carbons (Fsp3) is 0.571. The van der Waals surface area contributed by atoms with Crippen LogP contribution in [0.3, 0.4) is 0 Å². The van der Waals surface area contributed by atoms with Gasteiger partial charge >= 0.3 is 0 Å². The van der Waals surface area contributed by atoms with E-state index in [4.69, 9.17) is 10.5 Å². The summed E-state index contributed by atoms with van der Waals surface area (Å²) in [5, 5.41) is 0. The molecule has 0 radical (unpaired) electrons. The highest BCUT2D eigenvalue weighted by Crippen LogP contribution is 2.27. The van der Waals surface area contributed by atoms with E-state index >= 15 is 0 Å². The summed E-state index contributed by atoms with van der Waals surface area (Å²) in [6.07, 6.45) is 0. The van der Waals surface area contributed by atoms with Crippen molar-refractivity contribution in [3.8, 4) is 0 Å². The molecule has 1 fully saturated rings. The minimum absolute atomic E-state index is 0.192. The largest absolute Gasteiger partial charge is 0.380 e. The van der Waals surface area contributed by atoms with Gasteiger partial charge in [0.1, 0.15) is 0 Å². The Morgan fingerprint density at radius 3 is 2.59 bits per heavy atom. The quantitative estimate of drug-likeness (QED) is 0.837. The molecule has 0 unspecified atom stereocenters. The van der Waals surface area contributed by atoms with Gasteiger partial charge in [0, 0.05) is 25.0 Å². The molecule has 2 rings (SSSR count). The number of rotatable bonds is 5. The molecular weight excluding hydrogens is 212 g/mol. The van der Waals surface area contributed by atoms with Crippen molar-refractivity contribution in [1.29, 1.82) is 0 Å². The van der Waals surface area contributed by atoms with E-state index in [2.05, 4.69) is 43.1 Å². The van der Waals surface area contributed by atoms with Gasteiger partial charge in [-0.25, -0.2) is 0 Å². The van der Waals surface area contributed by atoms with Gasteiger partial charge in [-0.05, 0) is 25.1 Å². The van der Waals surface area contributed by atoms with Crippen LogP contribution in [0, 0.1) is 12.3 Å². The van der Waals surface area contributed by atoms with Gasteiger partial charge < -0.3 is 15.4 Å². The second kappa shape index (κ2) is 5.17. The fourth-order valence-corrected chi connectivity index (χ4v) is 2.37. The molecule has 1 aliphatic rings. The fourth-order valence-electron chi connectivity index (χ4n) is 2.37. The first kappa shape index (κ1) is 12.6. The van der Waals surface area contributed by atoms with Crippen molar-refractivity contribution in [2.45, 2.75) is 13.5 Å². The summed E-state index contributed by atoms with van der Waals surface area (Å²) in [5.74, 6) is 0. The zero-order chi connectivity index (χ0) is 12.3. The van der Waals surface area contributed by atoms with Crippen LogP contribution in [-0.4, -0.2) is 38.3 Å². The lowest BCUT2D eigenvalue weighted by atomic mass is 9.85. The van der Waals surface area contributed by atoms with Crippen LogP contribution in [0.2, 0.25) is 0 Å². The van der Waals surface area contributed by atoms with Crippen molar-refractivity contribution >= 4 is 0 Å². The molecule has 94 valence electrons. The van der Waals surface area contributed by atoms with E-state index in [0.717, 1.165) is 26.3 Å². The molecule has 2 N–H and O–H groups in total. The average Bonchev–Trinajstić information content (AvgIpc) is 2.27. The Bertz CT molecular complexity index is 369. The summed E-state index contributed by atoms with van der Waals surface area (Å²) in [6, 6.07) is 8.54. The number of ether oxygens (including phenoxy) is 1. The zero-order valence-electron chi connectivity index (χ0n) is 10.8. The Hall–Kier alpha value is -0.900. The number of benzene rings is 1. The van der Waals surface area contributed by atoms with Crippen LogP contribution in [0.25, 0.3) is 0 Å². The molecule has 0 amide bonds. The standard InChI is InChI=1S/C14H22N2O/c1-12-5-3-4-6-13(12)7-16(2)9-14(8-15)10-17-11-14/h3-6H,7-11,15H2,1-2H3. The maximum Gasteiger partial charge on any atom is 0.0569 e. The van der Waals surface area contributed by atoms with Crippen LogP contribution in [0.1, 0.15) is 11.1 Å². The molecule has 3 heteroatoms. The molecule has 0 atom stereocenters. The lowest BCUT2D eigenvalue weighted by molar-refractivity contribution is -0.118. The molecule has 1 aromatic rings. The molecule has 0 bridgehead atoms. The number of nitrogens with zero attached hydrogens (tertiary/aromatic N) is 1. The molecule has 3 nitrogen and oxygen atoms in total. The molecule has 0 aromatic heterocycles. The van der Waals surface area contributed by atoms with Crippen LogP contribution in [0.4, 0.5) is 0 Å². The Balaban J connectivity index is 1.93. The summed E-state index contributed by atoms with van der Waals surface area (Å²) in [4.78, 5) is 2.34. The van der Waals surface area contributed by atoms with Gasteiger partial charge in [-0.1, -0.05) is 24.3 Å². The molecule has 0 aliphatic carbocycles. The molecule has 1 aliphatic heterocycles. The third-order valence-corrected chi connectivity index (χ3v) is 3.56. The third kappa shape index (κ3) is 2.86. The Morgan fingerprint density at radius 1 is 1.35 bits per heavy atom. The van der Waals surface area contributed by atoms with Crippen LogP contribution in [0.15, 0.2) is 24.3 Å². The number of hydrogen-bond donors (Lipinski definition) is 1. The first-order valence-corrected chi connectivity index (χ1v) is 6.16. The van der Waals surface area contributed by atoms with Crippen molar-refractivity contribution in [1.82, 2.24) is 4.90 Å². The summed E-state index contributed by atoms with van der Waals surface area (Å²) < 4.78 is 5.30. The highest BCUT2D eigenvalue weighted by atomic mass is 16.5. The maximum atomic E-state index is 5.83. The summed E-state index contributed by atoms with van der Waals surface area (Å²) >= 11 is 0. The smallest absolute Gasteiger partial charge is 0.0569 e. The summed E-state index contributed by atoms with van der Waals surface area (Å²) in [5.41, 5.74) is 8.77. The van der Waals surface area contributed by atoms with Crippen LogP contribution >= 0.6 is 0 Å². The monoisotopic (exact) mass is 234 g/mol. The van der Waals surface area contributed by atoms with E-state index < -0.39 is 0 Å². The predicted octanol–water partition coefficient (Wildman–Crippen LogP) is 1.40. The lowest BCUT2D eigenvalue weighted by Crippen LogP contribution is -2.54. The van der Waals surface area contributed by atoms with Crippen molar-refractivity contribution in [3.05, 3.63) is 35.4 Å². The molecule has 17 heavy (non-hydrogen) atoms. The second-order valence-corrected chi connectivity index (χ2v) is 5.30. The highest BCUT2D eigenvalue weighted by Gasteiger charge is 2.38. The minimum atomic E-state index is 0.192. The Labute approximate surface area is 104 Å². The maximum absolute atomic E-state index is 5.83. The van der Waals surface area contributed by atoms with Crippen LogP contribution < -0.4 is 5.73 Å². The molecular formula is C14H22N2O.